The van der Waals surface area contributed by atoms with Crippen LogP contribution in [0.5, 0.6) is 11.5 Å². The quantitative estimate of drug-likeness (QED) is 0.729. The summed E-state index contributed by atoms with van der Waals surface area (Å²) in [4.78, 5) is 22.4. The Morgan fingerprint density at radius 2 is 1.96 bits per heavy atom. The van der Waals surface area contributed by atoms with Crippen molar-refractivity contribution in [2.24, 2.45) is 0 Å². The smallest absolute Gasteiger partial charge is 0.257 e. The molecule has 3 heterocycles. The fourth-order valence-corrected chi connectivity index (χ4v) is 3.63. The molecule has 0 aliphatic carbocycles. The minimum atomic E-state index is -0.0917. The topological polar surface area (TPSA) is 79.5 Å². The first-order chi connectivity index (χ1) is 13.7. The third-order valence-corrected chi connectivity index (χ3v) is 5.03. The first-order valence-electron chi connectivity index (χ1n) is 9.29. The summed E-state index contributed by atoms with van der Waals surface area (Å²) in [6.45, 7) is 2.54. The lowest BCUT2D eigenvalue weighted by Crippen LogP contribution is -2.35. The molecule has 2 N–H and O–H groups in total. The molecular weight excluding hydrogens is 356 g/mol. The second-order valence-electron chi connectivity index (χ2n) is 6.98. The van der Waals surface area contributed by atoms with Gasteiger partial charge in [0.25, 0.3) is 5.56 Å². The van der Waals surface area contributed by atoms with Crippen molar-refractivity contribution >= 4 is 11.6 Å². The second kappa shape index (κ2) is 7.01. The molecule has 142 valence electrons. The lowest BCUT2D eigenvalue weighted by Gasteiger charge is -2.27. The highest BCUT2D eigenvalue weighted by molar-refractivity contribution is 5.60. The number of fused-ring (bicyclic) bond motifs is 2. The normalized spacial score (nSPS) is 15.3. The predicted octanol–water partition coefficient (Wildman–Crippen LogP) is 2.80. The molecule has 2 aromatic carbocycles. The van der Waals surface area contributed by atoms with Crippen molar-refractivity contribution in [1.82, 2.24) is 14.9 Å². The standard InChI is InChI=1S/C21H20N4O3/c26-20-16-12-25(11-14-4-2-1-3-5-14)9-8-17(16)23-21(24-20)22-15-6-7-18-19(10-15)28-13-27-18/h1-7,10H,8-9,11-13H2,(H2,22,23,24,26). The number of aromatic nitrogens is 2. The number of nitrogens with one attached hydrogen (secondary N) is 2. The molecule has 0 atom stereocenters. The van der Waals surface area contributed by atoms with Gasteiger partial charge in [-0.05, 0) is 17.7 Å². The van der Waals surface area contributed by atoms with Gasteiger partial charge in [-0.15, -0.1) is 0 Å². The van der Waals surface area contributed by atoms with Crippen LogP contribution in [0.2, 0.25) is 0 Å². The van der Waals surface area contributed by atoms with Crippen molar-refractivity contribution in [3.63, 3.8) is 0 Å². The Kier molecular flexibility index (Phi) is 4.21. The van der Waals surface area contributed by atoms with Crippen LogP contribution in [-0.4, -0.2) is 28.2 Å². The van der Waals surface area contributed by atoms with Crippen molar-refractivity contribution in [1.29, 1.82) is 0 Å². The number of benzene rings is 2. The maximum absolute atomic E-state index is 12.7. The van der Waals surface area contributed by atoms with Crippen molar-refractivity contribution < 1.29 is 9.47 Å². The van der Waals surface area contributed by atoms with Crippen LogP contribution < -0.4 is 20.3 Å². The Morgan fingerprint density at radius 1 is 1.11 bits per heavy atom. The van der Waals surface area contributed by atoms with Gasteiger partial charge >= 0.3 is 0 Å². The SMILES string of the molecule is O=c1[nH]c(Nc2ccc3c(c2)OCO3)nc2c1CN(Cc1ccccc1)CC2. The zero-order valence-electron chi connectivity index (χ0n) is 15.3. The Morgan fingerprint density at radius 3 is 2.86 bits per heavy atom. The number of H-pyrrole nitrogens is 1. The van der Waals surface area contributed by atoms with Gasteiger partial charge in [-0.25, -0.2) is 4.98 Å². The molecule has 0 radical (unpaired) electrons. The van der Waals surface area contributed by atoms with Crippen molar-refractivity contribution in [2.45, 2.75) is 19.5 Å². The number of rotatable bonds is 4. The molecule has 5 rings (SSSR count). The van der Waals surface area contributed by atoms with Gasteiger partial charge in [-0.2, -0.15) is 0 Å². The van der Waals surface area contributed by atoms with Gasteiger partial charge in [0.1, 0.15) is 0 Å². The fraction of sp³-hybridized carbons (Fsp3) is 0.238. The number of hydrogen-bond acceptors (Lipinski definition) is 6. The van der Waals surface area contributed by atoms with Gasteiger partial charge in [0.2, 0.25) is 12.7 Å². The van der Waals surface area contributed by atoms with Gasteiger partial charge in [-0.1, -0.05) is 30.3 Å². The average Bonchev–Trinajstić information content (AvgIpc) is 3.17. The zero-order valence-corrected chi connectivity index (χ0v) is 15.3. The predicted molar refractivity (Wildman–Crippen MR) is 105 cm³/mol. The molecule has 0 spiro atoms. The van der Waals surface area contributed by atoms with Crippen LogP contribution in [0.4, 0.5) is 11.6 Å². The van der Waals surface area contributed by atoms with Crippen molar-refractivity contribution in [3.05, 3.63) is 75.7 Å². The molecule has 0 saturated carbocycles. The Bertz CT molecular complexity index is 1060. The van der Waals surface area contributed by atoms with Gasteiger partial charge in [-0.3, -0.25) is 14.7 Å². The van der Waals surface area contributed by atoms with E-state index in [1.165, 1.54) is 5.56 Å². The van der Waals surface area contributed by atoms with E-state index in [0.29, 0.717) is 18.2 Å². The largest absolute Gasteiger partial charge is 0.454 e. The third kappa shape index (κ3) is 3.32. The van der Waals surface area contributed by atoms with Gasteiger partial charge < -0.3 is 14.8 Å². The van der Waals surface area contributed by atoms with Crippen LogP contribution in [0.3, 0.4) is 0 Å². The average molecular weight is 376 g/mol. The van der Waals surface area contributed by atoms with E-state index in [4.69, 9.17) is 9.47 Å². The summed E-state index contributed by atoms with van der Waals surface area (Å²) in [6, 6.07) is 15.8. The van der Waals surface area contributed by atoms with Crippen molar-refractivity contribution in [3.8, 4) is 11.5 Å². The number of nitrogens with zero attached hydrogens (tertiary/aromatic N) is 2. The second-order valence-corrected chi connectivity index (χ2v) is 6.98. The molecule has 2 aliphatic heterocycles. The third-order valence-electron chi connectivity index (χ3n) is 5.03. The minimum Gasteiger partial charge on any atom is -0.454 e. The summed E-state index contributed by atoms with van der Waals surface area (Å²) >= 11 is 0. The molecule has 3 aromatic rings. The summed E-state index contributed by atoms with van der Waals surface area (Å²) in [6.07, 6.45) is 0.752. The van der Waals surface area contributed by atoms with Crippen LogP contribution in [-0.2, 0) is 19.5 Å². The van der Waals surface area contributed by atoms with E-state index in [0.717, 1.165) is 42.2 Å². The van der Waals surface area contributed by atoms with Gasteiger partial charge in [0.05, 0.1) is 11.3 Å². The monoisotopic (exact) mass is 376 g/mol. The molecule has 0 unspecified atom stereocenters. The molecule has 7 heteroatoms. The summed E-state index contributed by atoms with van der Waals surface area (Å²) in [5.41, 5.74) is 3.55. The van der Waals surface area contributed by atoms with Crippen LogP contribution in [0, 0.1) is 0 Å². The molecule has 2 aliphatic rings. The van der Waals surface area contributed by atoms with Crippen molar-refractivity contribution in [2.75, 3.05) is 18.7 Å². The lowest BCUT2D eigenvalue weighted by atomic mass is 10.1. The zero-order chi connectivity index (χ0) is 18.9. The van der Waals surface area contributed by atoms with E-state index in [-0.39, 0.29) is 12.4 Å². The Hall–Kier alpha value is -3.32. The lowest BCUT2D eigenvalue weighted by molar-refractivity contribution is 0.174. The summed E-state index contributed by atoms with van der Waals surface area (Å²) in [5, 5.41) is 3.16. The molecule has 0 amide bonds. The van der Waals surface area contributed by atoms with E-state index in [9.17, 15) is 4.79 Å². The molecule has 0 bridgehead atoms. The molecule has 1 aromatic heterocycles. The summed E-state index contributed by atoms with van der Waals surface area (Å²) in [5.74, 6) is 1.84. The fourth-order valence-electron chi connectivity index (χ4n) is 3.63. The minimum absolute atomic E-state index is 0.0917. The van der Waals surface area contributed by atoms with E-state index in [1.54, 1.807) is 0 Å². The summed E-state index contributed by atoms with van der Waals surface area (Å²) < 4.78 is 10.7. The first-order valence-corrected chi connectivity index (χ1v) is 9.29. The highest BCUT2D eigenvalue weighted by atomic mass is 16.7. The highest BCUT2D eigenvalue weighted by Gasteiger charge is 2.21. The van der Waals surface area contributed by atoms with E-state index in [2.05, 4.69) is 32.3 Å². The van der Waals surface area contributed by atoms with Crippen LogP contribution in [0.1, 0.15) is 16.8 Å². The van der Waals surface area contributed by atoms with Gasteiger partial charge in [0.15, 0.2) is 11.5 Å². The summed E-state index contributed by atoms with van der Waals surface area (Å²) in [7, 11) is 0. The van der Waals surface area contributed by atoms with Crippen LogP contribution in [0.25, 0.3) is 0 Å². The highest BCUT2D eigenvalue weighted by Crippen LogP contribution is 2.34. The number of ether oxygens (including phenoxy) is 2. The molecule has 28 heavy (non-hydrogen) atoms. The van der Waals surface area contributed by atoms with E-state index in [1.807, 2.05) is 36.4 Å². The van der Waals surface area contributed by atoms with Crippen LogP contribution in [0.15, 0.2) is 53.3 Å². The number of hydrogen-bond donors (Lipinski definition) is 2. The molecule has 0 fully saturated rings. The maximum Gasteiger partial charge on any atom is 0.257 e. The van der Waals surface area contributed by atoms with Crippen LogP contribution >= 0.6 is 0 Å². The molecule has 7 nitrogen and oxygen atoms in total. The number of anilines is 2. The van der Waals surface area contributed by atoms with Gasteiger partial charge in [0, 0.05) is 37.8 Å². The van der Waals surface area contributed by atoms with E-state index >= 15 is 0 Å². The first kappa shape index (κ1) is 16.8. The maximum atomic E-state index is 12.7. The van der Waals surface area contributed by atoms with E-state index < -0.39 is 0 Å². The Balaban J connectivity index is 1.34. The molecule has 0 saturated heterocycles. The molecular formula is C21H20N4O3. The Labute approximate surface area is 161 Å². The number of aromatic amines is 1.